The van der Waals surface area contributed by atoms with Gasteiger partial charge in [0.05, 0.1) is 17.4 Å². The fourth-order valence-electron chi connectivity index (χ4n) is 4.40. The molecule has 0 aliphatic heterocycles. The minimum atomic E-state index is -0.446. The molecule has 7 heteroatoms. The molecular formula is C24H27N3O4. The minimum Gasteiger partial charge on any atom is -0.464 e. The molecule has 162 valence electrons. The number of carbonyl (C=O) groups excluding carboxylic acids is 1. The number of fused-ring (bicyclic) bond motifs is 1. The maximum Gasteiger partial charge on any atom is 0.331 e. The third-order valence-corrected chi connectivity index (χ3v) is 6.53. The molecule has 2 heterocycles. The summed E-state index contributed by atoms with van der Waals surface area (Å²) in [6, 6.07) is 11.1. The Morgan fingerprint density at radius 2 is 1.87 bits per heavy atom. The van der Waals surface area contributed by atoms with Crippen LogP contribution in [0.15, 0.2) is 50.4 Å². The van der Waals surface area contributed by atoms with E-state index in [4.69, 9.17) is 4.42 Å². The van der Waals surface area contributed by atoms with Crippen LogP contribution in [-0.4, -0.2) is 26.0 Å². The van der Waals surface area contributed by atoms with Gasteiger partial charge in [0, 0.05) is 18.5 Å². The van der Waals surface area contributed by atoms with E-state index >= 15 is 0 Å². The Morgan fingerprint density at radius 3 is 2.55 bits per heavy atom. The molecule has 0 N–H and O–H groups in total. The number of para-hydroxylation sites is 1. The number of amides is 1. The molecule has 3 aromatic rings. The topological polar surface area (TPSA) is 77.5 Å². The van der Waals surface area contributed by atoms with Gasteiger partial charge in [-0.1, -0.05) is 19.1 Å². The Morgan fingerprint density at radius 1 is 1.13 bits per heavy atom. The van der Waals surface area contributed by atoms with Gasteiger partial charge in [-0.05, 0) is 56.4 Å². The lowest BCUT2D eigenvalue weighted by atomic mass is 10.2. The van der Waals surface area contributed by atoms with Crippen LogP contribution in [0.5, 0.6) is 0 Å². The molecule has 5 rings (SSSR count). The summed E-state index contributed by atoms with van der Waals surface area (Å²) >= 11 is 0. The molecule has 0 bridgehead atoms. The van der Waals surface area contributed by atoms with Crippen LogP contribution in [0.3, 0.4) is 0 Å². The summed E-state index contributed by atoms with van der Waals surface area (Å²) in [4.78, 5) is 40.8. The normalized spacial score (nSPS) is 20.2. The van der Waals surface area contributed by atoms with Crippen molar-refractivity contribution in [1.29, 1.82) is 0 Å². The zero-order valence-electron chi connectivity index (χ0n) is 17.9. The maximum atomic E-state index is 13.3. The number of hydrogen-bond donors (Lipinski definition) is 0. The van der Waals surface area contributed by atoms with Crippen LogP contribution >= 0.6 is 0 Å². The lowest BCUT2D eigenvalue weighted by Crippen LogP contribution is -2.43. The first-order valence-electron chi connectivity index (χ1n) is 11.1. The van der Waals surface area contributed by atoms with Gasteiger partial charge in [0.2, 0.25) is 5.91 Å². The number of rotatable bonds is 7. The summed E-state index contributed by atoms with van der Waals surface area (Å²) in [6.07, 6.45) is 3.08. The Balaban J connectivity index is 1.44. The average molecular weight is 421 g/mol. The summed E-state index contributed by atoms with van der Waals surface area (Å²) in [6.45, 7) is 4.55. The zero-order valence-corrected chi connectivity index (χ0v) is 17.9. The van der Waals surface area contributed by atoms with E-state index in [0.29, 0.717) is 29.3 Å². The fraction of sp³-hybridized carbons (Fsp3) is 0.458. The predicted molar refractivity (Wildman–Crippen MR) is 117 cm³/mol. The lowest BCUT2D eigenvalue weighted by Gasteiger charge is -2.22. The molecular weight excluding hydrogens is 394 g/mol. The van der Waals surface area contributed by atoms with Crippen molar-refractivity contribution in [3.05, 3.63) is 68.8 Å². The highest BCUT2D eigenvalue weighted by Crippen LogP contribution is 2.47. The molecule has 2 aliphatic rings. The zero-order chi connectivity index (χ0) is 21.7. The number of benzene rings is 1. The second-order valence-electron chi connectivity index (χ2n) is 8.81. The predicted octanol–water partition coefficient (Wildman–Crippen LogP) is 3.09. The van der Waals surface area contributed by atoms with Gasteiger partial charge in [-0.2, -0.15) is 0 Å². The monoisotopic (exact) mass is 421 g/mol. The van der Waals surface area contributed by atoms with Gasteiger partial charge in [0.25, 0.3) is 5.56 Å². The molecule has 7 nitrogen and oxygen atoms in total. The van der Waals surface area contributed by atoms with E-state index in [9.17, 15) is 14.4 Å². The highest BCUT2D eigenvalue weighted by molar-refractivity contribution is 5.82. The van der Waals surface area contributed by atoms with Crippen molar-refractivity contribution in [2.75, 3.05) is 0 Å². The fourth-order valence-corrected chi connectivity index (χ4v) is 4.40. The van der Waals surface area contributed by atoms with Crippen LogP contribution in [0.2, 0.25) is 0 Å². The number of furan rings is 1. The molecule has 31 heavy (non-hydrogen) atoms. The molecule has 0 radical (unpaired) electrons. The van der Waals surface area contributed by atoms with E-state index < -0.39 is 5.69 Å². The van der Waals surface area contributed by atoms with Crippen molar-refractivity contribution < 1.29 is 9.21 Å². The van der Waals surface area contributed by atoms with Crippen LogP contribution in [-0.2, 0) is 24.4 Å². The highest BCUT2D eigenvalue weighted by atomic mass is 16.3. The molecule has 1 aromatic carbocycles. The average Bonchev–Trinajstić information content (AvgIpc) is 3.69. The third kappa shape index (κ3) is 3.62. The molecule has 2 aliphatic carbocycles. The summed E-state index contributed by atoms with van der Waals surface area (Å²) in [7, 11) is 0. The second kappa shape index (κ2) is 7.55. The van der Waals surface area contributed by atoms with E-state index in [1.807, 2.05) is 17.0 Å². The van der Waals surface area contributed by atoms with E-state index in [-0.39, 0.29) is 30.6 Å². The van der Waals surface area contributed by atoms with Gasteiger partial charge in [0.1, 0.15) is 18.1 Å². The molecule has 1 amide bonds. The summed E-state index contributed by atoms with van der Waals surface area (Å²) in [5.41, 5.74) is -0.268. The van der Waals surface area contributed by atoms with Crippen molar-refractivity contribution >= 4 is 16.8 Å². The van der Waals surface area contributed by atoms with Crippen molar-refractivity contribution in [3.63, 3.8) is 0 Å². The van der Waals surface area contributed by atoms with Gasteiger partial charge in [-0.25, -0.2) is 4.79 Å². The smallest absolute Gasteiger partial charge is 0.331 e. The largest absolute Gasteiger partial charge is 0.464 e. The van der Waals surface area contributed by atoms with Crippen LogP contribution in [0.1, 0.15) is 50.5 Å². The lowest BCUT2D eigenvalue weighted by molar-refractivity contribution is -0.133. The summed E-state index contributed by atoms with van der Waals surface area (Å²) in [5.74, 6) is 2.82. The van der Waals surface area contributed by atoms with Crippen LogP contribution in [0, 0.1) is 5.92 Å². The van der Waals surface area contributed by atoms with Gasteiger partial charge in [-0.15, -0.1) is 0 Å². The molecule has 2 saturated carbocycles. The van der Waals surface area contributed by atoms with Crippen molar-refractivity contribution in [3.8, 4) is 0 Å². The van der Waals surface area contributed by atoms with Gasteiger partial charge < -0.3 is 9.32 Å². The van der Waals surface area contributed by atoms with Crippen LogP contribution < -0.4 is 11.2 Å². The van der Waals surface area contributed by atoms with Crippen molar-refractivity contribution in [2.45, 2.75) is 64.7 Å². The van der Waals surface area contributed by atoms with Crippen molar-refractivity contribution in [1.82, 2.24) is 14.0 Å². The maximum absolute atomic E-state index is 13.3. The van der Waals surface area contributed by atoms with Gasteiger partial charge in [0.15, 0.2) is 0 Å². The number of nitrogens with zero attached hydrogens (tertiary/aromatic N) is 3. The standard InChI is InChI=1S/C24H27N3O4/c1-3-25-23(29)18-6-4-5-7-20(18)27(24(25)30)14-22(28)26(16-8-9-16)13-17-10-11-21(31-17)19-12-15(19)2/h4-7,10-11,15-16,19H,3,8-9,12-14H2,1-2H3. The second-order valence-corrected chi connectivity index (χ2v) is 8.81. The molecule has 2 fully saturated rings. The first-order valence-corrected chi connectivity index (χ1v) is 11.1. The Labute approximate surface area is 179 Å². The molecule has 2 atom stereocenters. The van der Waals surface area contributed by atoms with Crippen LogP contribution in [0.25, 0.3) is 10.9 Å². The SMILES string of the molecule is CCn1c(=O)c2ccccc2n(CC(=O)N(Cc2ccc(C3CC3C)o2)C2CC2)c1=O. The number of aromatic nitrogens is 2. The Bertz CT molecular complexity index is 1260. The molecule has 0 saturated heterocycles. The molecule has 2 aromatic heterocycles. The van der Waals surface area contributed by atoms with Crippen molar-refractivity contribution in [2.24, 2.45) is 5.92 Å². The van der Waals surface area contributed by atoms with E-state index in [2.05, 4.69) is 6.92 Å². The number of hydrogen-bond acceptors (Lipinski definition) is 4. The summed E-state index contributed by atoms with van der Waals surface area (Å²) < 4.78 is 8.64. The first-order chi connectivity index (χ1) is 15.0. The minimum absolute atomic E-state index is 0.0939. The highest BCUT2D eigenvalue weighted by Gasteiger charge is 2.37. The van der Waals surface area contributed by atoms with Gasteiger partial charge in [-0.3, -0.25) is 18.7 Å². The van der Waals surface area contributed by atoms with Crippen LogP contribution in [0.4, 0.5) is 0 Å². The Hall–Kier alpha value is -3.09. The summed E-state index contributed by atoms with van der Waals surface area (Å²) in [5, 5.41) is 0.448. The van der Waals surface area contributed by atoms with E-state index in [1.54, 1.807) is 31.2 Å². The number of carbonyl (C=O) groups is 1. The third-order valence-electron chi connectivity index (χ3n) is 6.53. The quantitative estimate of drug-likeness (QED) is 0.587. The first kappa shape index (κ1) is 19.8. The van der Waals surface area contributed by atoms with Gasteiger partial charge >= 0.3 is 5.69 Å². The Kier molecular flexibility index (Phi) is 4.84. The van der Waals surface area contributed by atoms with E-state index in [1.165, 1.54) is 9.13 Å². The molecule has 2 unspecified atom stereocenters. The molecule has 0 spiro atoms. The van der Waals surface area contributed by atoms with E-state index in [0.717, 1.165) is 30.8 Å².